The van der Waals surface area contributed by atoms with Gasteiger partial charge in [0.1, 0.15) is 0 Å². The number of nitrogens with one attached hydrogen (secondary N) is 1. The van der Waals surface area contributed by atoms with Crippen molar-refractivity contribution in [2.45, 2.75) is 38.6 Å². The second-order valence-electron chi connectivity index (χ2n) is 3.99. The molecule has 0 saturated heterocycles. The van der Waals surface area contributed by atoms with Crippen molar-refractivity contribution in [3.8, 4) is 0 Å². The number of hydrogen-bond donors (Lipinski definition) is 2. The van der Waals surface area contributed by atoms with Gasteiger partial charge in [0.2, 0.25) is 0 Å². The van der Waals surface area contributed by atoms with Crippen molar-refractivity contribution < 1.29 is 14.6 Å². The van der Waals surface area contributed by atoms with Crippen LogP contribution in [0, 0.1) is 5.92 Å². The molecule has 1 aliphatic rings. The van der Waals surface area contributed by atoms with Gasteiger partial charge in [-0.1, -0.05) is 6.42 Å². The molecule has 1 saturated carbocycles. The van der Waals surface area contributed by atoms with Crippen LogP contribution in [0.15, 0.2) is 0 Å². The van der Waals surface area contributed by atoms with Crippen LogP contribution >= 0.6 is 0 Å². The van der Waals surface area contributed by atoms with E-state index in [2.05, 4.69) is 5.32 Å². The van der Waals surface area contributed by atoms with E-state index in [1.165, 1.54) is 0 Å². The highest BCUT2D eigenvalue weighted by molar-refractivity contribution is 5.72. The van der Waals surface area contributed by atoms with Crippen molar-refractivity contribution in [3.63, 3.8) is 0 Å². The molecule has 0 aromatic carbocycles. The molecule has 15 heavy (non-hydrogen) atoms. The van der Waals surface area contributed by atoms with Gasteiger partial charge >= 0.3 is 5.97 Å². The lowest BCUT2D eigenvalue weighted by molar-refractivity contribution is -0.149. The van der Waals surface area contributed by atoms with Crippen molar-refractivity contribution in [2.75, 3.05) is 19.8 Å². The molecule has 2 N–H and O–H groups in total. The summed E-state index contributed by atoms with van der Waals surface area (Å²) in [5.41, 5.74) is 0. The molecule has 0 heterocycles. The van der Waals surface area contributed by atoms with Crippen LogP contribution in [0.1, 0.15) is 32.6 Å². The Labute approximate surface area is 91.0 Å². The van der Waals surface area contributed by atoms with Gasteiger partial charge < -0.3 is 15.2 Å². The van der Waals surface area contributed by atoms with Crippen LogP contribution in [0.2, 0.25) is 0 Å². The molecule has 0 radical (unpaired) electrons. The Balaban J connectivity index is 2.31. The predicted octanol–water partition coefficient (Wildman–Crippen LogP) is 0.690. The van der Waals surface area contributed by atoms with Gasteiger partial charge in [-0.2, -0.15) is 0 Å². The third kappa shape index (κ3) is 4.18. The number of ether oxygens (including phenoxy) is 1. The second-order valence-corrected chi connectivity index (χ2v) is 3.99. The van der Waals surface area contributed by atoms with E-state index in [-0.39, 0.29) is 18.5 Å². The lowest BCUT2D eigenvalue weighted by atomic mass is 9.86. The molecular formula is C11H21NO3. The molecule has 2 unspecified atom stereocenters. The predicted molar refractivity (Wildman–Crippen MR) is 57.5 cm³/mol. The molecular weight excluding hydrogens is 194 g/mol. The van der Waals surface area contributed by atoms with E-state index < -0.39 is 0 Å². The van der Waals surface area contributed by atoms with Crippen molar-refractivity contribution >= 4 is 5.97 Å². The third-order valence-corrected chi connectivity index (χ3v) is 2.84. The topological polar surface area (TPSA) is 58.6 Å². The molecule has 0 aliphatic heterocycles. The molecule has 0 aromatic rings. The lowest BCUT2D eigenvalue weighted by Crippen LogP contribution is -2.38. The van der Waals surface area contributed by atoms with Crippen LogP contribution < -0.4 is 5.32 Å². The number of aliphatic hydroxyl groups excluding tert-OH is 1. The first-order valence-electron chi connectivity index (χ1n) is 5.78. The Morgan fingerprint density at radius 3 is 3.00 bits per heavy atom. The summed E-state index contributed by atoms with van der Waals surface area (Å²) in [5, 5.41) is 11.9. The zero-order valence-corrected chi connectivity index (χ0v) is 9.37. The van der Waals surface area contributed by atoms with Gasteiger partial charge in [0.25, 0.3) is 0 Å². The summed E-state index contributed by atoms with van der Waals surface area (Å²) >= 11 is 0. The maximum absolute atomic E-state index is 11.5. The van der Waals surface area contributed by atoms with Crippen LogP contribution in [-0.4, -0.2) is 36.9 Å². The highest BCUT2D eigenvalue weighted by Gasteiger charge is 2.27. The summed E-state index contributed by atoms with van der Waals surface area (Å²) in [6, 6.07) is 0.361. The van der Waals surface area contributed by atoms with E-state index in [0.29, 0.717) is 19.2 Å². The molecule has 1 fully saturated rings. The van der Waals surface area contributed by atoms with E-state index in [1.807, 2.05) is 6.92 Å². The van der Waals surface area contributed by atoms with Crippen molar-refractivity contribution in [1.82, 2.24) is 5.32 Å². The van der Waals surface area contributed by atoms with E-state index in [0.717, 1.165) is 25.7 Å². The molecule has 0 amide bonds. The van der Waals surface area contributed by atoms with Gasteiger partial charge in [0, 0.05) is 12.6 Å². The highest BCUT2D eigenvalue weighted by atomic mass is 16.5. The van der Waals surface area contributed by atoms with E-state index in [9.17, 15) is 4.79 Å². The lowest BCUT2D eigenvalue weighted by Gasteiger charge is -2.28. The van der Waals surface area contributed by atoms with E-state index in [1.54, 1.807) is 0 Å². The fourth-order valence-corrected chi connectivity index (χ4v) is 2.12. The Morgan fingerprint density at radius 1 is 1.53 bits per heavy atom. The Bertz CT molecular complexity index is 196. The Kier molecular flexibility index (Phi) is 5.65. The van der Waals surface area contributed by atoms with Gasteiger partial charge in [-0.3, -0.25) is 4.79 Å². The minimum Gasteiger partial charge on any atom is -0.466 e. The number of rotatable bonds is 5. The maximum Gasteiger partial charge on any atom is 0.308 e. The monoisotopic (exact) mass is 215 g/mol. The number of carbonyl (C=O) groups is 1. The molecule has 2 atom stereocenters. The standard InChI is InChI=1S/C11H21NO3/c1-2-15-11(14)9-4-3-5-10(8-9)12-6-7-13/h9-10,12-13H,2-8H2,1H3. The van der Waals surface area contributed by atoms with Gasteiger partial charge in [0.05, 0.1) is 19.1 Å². The fraction of sp³-hybridized carbons (Fsp3) is 0.909. The van der Waals surface area contributed by atoms with Crippen LogP contribution in [0.4, 0.5) is 0 Å². The average molecular weight is 215 g/mol. The second kappa shape index (κ2) is 6.80. The molecule has 0 aromatic heterocycles. The SMILES string of the molecule is CCOC(=O)C1CCCC(NCCO)C1. The normalized spacial score (nSPS) is 26.3. The number of carbonyl (C=O) groups excluding carboxylic acids is 1. The third-order valence-electron chi connectivity index (χ3n) is 2.84. The summed E-state index contributed by atoms with van der Waals surface area (Å²) in [4.78, 5) is 11.5. The van der Waals surface area contributed by atoms with Gasteiger partial charge in [-0.25, -0.2) is 0 Å². The molecule has 1 rings (SSSR count). The first kappa shape index (κ1) is 12.5. The minimum absolute atomic E-state index is 0.0508. The van der Waals surface area contributed by atoms with Gasteiger partial charge in [-0.15, -0.1) is 0 Å². The van der Waals surface area contributed by atoms with Crippen LogP contribution in [0.25, 0.3) is 0 Å². The smallest absolute Gasteiger partial charge is 0.308 e. The zero-order chi connectivity index (χ0) is 11.1. The molecule has 1 aliphatic carbocycles. The largest absolute Gasteiger partial charge is 0.466 e. The first-order valence-corrected chi connectivity index (χ1v) is 5.78. The molecule has 4 nitrogen and oxygen atoms in total. The average Bonchev–Trinajstić information content (AvgIpc) is 2.27. The summed E-state index contributed by atoms with van der Waals surface area (Å²) in [6.07, 6.45) is 3.94. The quantitative estimate of drug-likeness (QED) is 0.662. The number of hydrogen-bond acceptors (Lipinski definition) is 4. The van der Waals surface area contributed by atoms with Crippen molar-refractivity contribution in [1.29, 1.82) is 0 Å². The zero-order valence-electron chi connectivity index (χ0n) is 9.37. The van der Waals surface area contributed by atoms with Crippen LogP contribution in [0.5, 0.6) is 0 Å². The van der Waals surface area contributed by atoms with Gasteiger partial charge in [-0.05, 0) is 26.2 Å². The summed E-state index contributed by atoms with van der Waals surface area (Å²) in [5.74, 6) is -0.0112. The molecule has 0 spiro atoms. The summed E-state index contributed by atoms with van der Waals surface area (Å²) in [7, 11) is 0. The van der Waals surface area contributed by atoms with Crippen molar-refractivity contribution in [2.24, 2.45) is 5.92 Å². The van der Waals surface area contributed by atoms with Crippen molar-refractivity contribution in [3.05, 3.63) is 0 Å². The highest BCUT2D eigenvalue weighted by Crippen LogP contribution is 2.25. The summed E-state index contributed by atoms with van der Waals surface area (Å²) in [6.45, 7) is 3.06. The Morgan fingerprint density at radius 2 is 2.33 bits per heavy atom. The number of esters is 1. The number of aliphatic hydroxyl groups is 1. The molecule has 88 valence electrons. The van der Waals surface area contributed by atoms with Gasteiger partial charge in [0.15, 0.2) is 0 Å². The first-order chi connectivity index (χ1) is 7.27. The summed E-state index contributed by atoms with van der Waals surface area (Å²) < 4.78 is 5.02. The Hall–Kier alpha value is -0.610. The van der Waals surface area contributed by atoms with Crippen LogP contribution in [0.3, 0.4) is 0 Å². The van der Waals surface area contributed by atoms with E-state index in [4.69, 9.17) is 9.84 Å². The minimum atomic E-state index is -0.0620. The molecule has 0 bridgehead atoms. The molecule has 4 heteroatoms. The maximum atomic E-state index is 11.5. The van der Waals surface area contributed by atoms with E-state index >= 15 is 0 Å². The fourth-order valence-electron chi connectivity index (χ4n) is 2.12. The van der Waals surface area contributed by atoms with Crippen LogP contribution in [-0.2, 0) is 9.53 Å².